The zero-order valence-corrected chi connectivity index (χ0v) is 11.1. The van der Waals surface area contributed by atoms with Gasteiger partial charge in [-0.2, -0.15) is 0 Å². The van der Waals surface area contributed by atoms with Crippen LogP contribution in [0.15, 0.2) is 18.2 Å². The van der Waals surface area contributed by atoms with E-state index in [0.717, 1.165) is 6.26 Å². The number of benzene rings is 1. The molecule has 1 atom stereocenters. The van der Waals surface area contributed by atoms with Crippen molar-refractivity contribution in [2.45, 2.75) is 18.9 Å². The molecular formula is C11H15ClFNO2S. The predicted molar refractivity (Wildman–Crippen MR) is 67.4 cm³/mol. The highest BCUT2D eigenvalue weighted by molar-refractivity contribution is 7.90. The highest BCUT2D eigenvalue weighted by atomic mass is 35.5. The van der Waals surface area contributed by atoms with Crippen LogP contribution in [0.2, 0.25) is 5.02 Å². The Morgan fingerprint density at radius 2 is 2.12 bits per heavy atom. The lowest BCUT2D eigenvalue weighted by Crippen LogP contribution is -2.26. The summed E-state index contributed by atoms with van der Waals surface area (Å²) in [5, 5.41) is 0.319. The first-order chi connectivity index (χ1) is 7.79. The third-order valence-electron chi connectivity index (χ3n) is 2.39. The van der Waals surface area contributed by atoms with Gasteiger partial charge in [-0.3, -0.25) is 0 Å². The van der Waals surface area contributed by atoms with Gasteiger partial charge in [-0.25, -0.2) is 12.8 Å². The van der Waals surface area contributed by atoms with E-state index in [1.807, 2.05) is 0 Å². The summed E-state index contributed by atoms with van der Waals surface area (Å²) in [5.74, 6) is -0.410. The molecule has 0 aromatic heterocycles. The molecule has 96 valence electrons. The van der Waals surface area contributed by atoms with Gasteiger partial charge in [0.15, 0.2) is 0 Å². The van der Waals surface area contributed by atoms with Gasteiger partial charge in [0.05, 0.1) is 5.75 Å². The summed E-state index contributed by atoms with van der Waals surface area (Å²) in [5.41, 5.74) is 6.10. The monoisotopic (exact) mass is 279 g/mol. The Balaban J connectivity index is 2.65. The number of hydrogen-bond donors (Lipinski definition) is 1. The van der Waals surface area contributed by atoms with Crippen molar-refractivity contribution in [3.05, 3.63) is 34.6 Å². The van der Waals surface area contributed by atoms with Gasteiger partial charge in [0, 0.05) is 22.9 Å². The van der Waals surface area contributed by atoms with Crippen molar-refractivity contribution in [3.63, 3.8) is 0 Å². The smallest absolute Gasteiger partial charge is 0.147 e. The highest BCUT2D eigenvalue weighted by Gasteiger charge is 2.13. The van der Waals surface area contributed by atoms with Crippen molar-refractivity contribution >= 4 is 21.4 Å². The summed E-state index contributed by atoms with van der Waals surface area (Å²) in [6.07, 6.45) is 1.68. The van der Waals surface area contributed by atoms with Crippen molar-refractivity contribution in [2.75, 3.05) is 12.0 Å². The molecule has 17 heavy (non-hydrogen) atoms. The number of hydrogen-bond acceptors (Lipinski definition) is 3. The van der Waals surface area contributed by atoms with Gasteiger partial charge in [0.2, 0.25) is 0 Å². The molecule has 1 unspecified atom stereocenters. The molecule has 0 heterocycles. The van der Waals surface area contributed by atoms with E-state index in [2.05, 4.69) is 0 Å². The second kappa shape index (κ2) is 5.80. The van der Waals surface area contributed by atoms with E-state index in [-0.39, 0.29) is 12.2 Å². The van der Waals surface area contributed by atoms with Crippen LogP contribution >= 0.6 is 11.6 Å². The maximum absolute atomic E-state index is 13.4. The quantitative estimate of drug-likeness (QED) is 0.894. The van der Waals surface area contributed by atoms with Crippen molar-refractivity contribution in [3.8, 4) is 0 Å². The summed E-state index contributed by atoms with van der Waals surface area (Å²) >= 11 is 5.85. The minimum atomic E-state index is -3.04. The standard InChI is InChI=1S/C11H15ClFNO2S/c1-17(15,16)6-5-8(14)7-9-10(12)3-2-4-11(9)13/h2-4,8H,5-7,14H2,1H3. The predicted octanol–water partition coefficient (Wildman–Crippen LogP) is 1.78. The highest BCUT2D eigenvalue weighted by Crippen LogP contribution is 2.20. The number of halogens is 2. The first-order valence-electron chi connectivity index (χ1n) is 5.16. The summed E-state index contributed by atoms with van der Waals surface area (Å²) in [6, 6.07) is 4.00. The number of nitrogens with two attached hydrogens (primary N) is 1. The fourth-order valence-electron chi connectivity index (χ4n) is 1.46. The summed E-state index contributed by atoms with van der Waals surface area (Å²) in [6.45, 7) is 0. The minimum Gasteiger partial charge on any atom is -0.327 e. The molecule has 0 aliphatic rings. The molecule has 6 heteroatoms. The Morgan fingerprint density at radius 1 is 1.47 bits per heavy atom. The van der Waals surface area contributed by atoms with E-state index in [1.165, 1.54) is 12.1 Å². The second-order valence-electron chi connectivity index (χ2n) is 4.08. The van der Waals surface area contributed by atoms with E-state index in [0.29, 0.717) is 17.0 Å². The van der Waals surface area contributed by atoms with Gasteiger partial charge >= 0.3 is 0 Å². The lowest BCUT2D eigenvalue weighted by Gasteiger charge is -2.12. The van der Waals surface area contributed by atoms with Crippen molar-refractivity contribution in [1.29, 1.82) is 0 Å². The van der Waals surface area contributed by atoms with Crippen molar-refractivity contribution in [2.24, 2.45) is 5.73 Å². The Labute approximate surface area is 106 Å². The molecular weight excluding hydrogens is 265 g/mol. The van der Waals surface area contributed by atoms with Crippen LogP contribution in [0.5, 0.6) is 0 Å². The van der Waals surface area contributed by atoms with Crippen LogP contribution in [0.25, 0.3) is 0 Å². The Bertz CT molecular complexity index is 470. The van der Waals surface area contributed by atoms with Crippen molar-refractivity contribution in [1.82, 2.24) is 0 Å². The van der Waals surface area contributed by atoms with Crippen LogP contribution < -0.4 is 5.73 Å². The topological polar surface area (TPSA) is 60.2 Å². The molecule has 0 radical (unpaired) electrons. The molecule has 0 aliphatic carbocycles. The third kappa shape index (κ3) is 5.02. The van der Waals surface area contributed by atoms with E-state index in [9.17, 15) is 12.8 Å². The molecule has 0 saturated heterocycles. The van der Waals surface area contributed by atoms with E-state index in [1.54, 1.807) is 6.07 Å². The zero-order valence-electron chi connectivity index (χ0n) is 9.49. The molecule has 0 amide bonds. The van der Waals surface area contributed by atoms with Crippen LogP contribution in [0.4, 0.5) is 4.39 Å². The summed E-state index contributed by atoms with van der Waals surface area (Å²) in [4.78, 5) is 0. The largest absolute Gasteiger partial charge is 0.327 e. The first-order valence-corrected chi connectivity index (χ1v) is 7.59. The molecule has 0 aliphatic heterocycles. The van der Waals surface area contributed by atoms with Crippen LogP contribution in [-0.2, 0) is 16.3 Å². The van der Waals surface area contributed by atoms with Gasteiger partial charge in [-0.05, 0) is 25.0 Å². The van der Waals surface area contributed by atoms with Gasteiger partial charge in [0.25, 0.3) is 0 Å². The average Bonchev–Trinajstić information content (AvgIpc) is 2.20. The fraction of sp³-hybridized carbons (Fsp3) is 0.455. The average molecular weight is 280 g/mol. The lowest BCUT2D eigenvalue weighted by molar-refractivity contribution is 0.569. The molecule has 1 aromatic rings. The molecule has 0 fully saturated rings. The second-order valence-corrected chi connectivity index (χ2v) is 6.75. The van der Waals surface area contributed by atoms with E-state index in [4.69, 9.17) is 17.3 Å². The zero-order chi connectivity index (χ0) is 13.1. The molecule has 2 N–H and O–H groups in total. The van der Waals surface area contributed by atoms with Gasteiger partial charge in [0.1, 0.15) is 15.7 Å². The van der Waals surface area contributed by atoms with Crippen LogP contribution in [0.1, 0.15) is 12.0 Å². The SMILES string of the molecule is CS(=O)(=O)CCC(N)Cc1c(F)cccc1Cl. The molecule has 1 aromatic carbocycles. The Morgan fingerprint density at radius 3 is 2.65 bits per heavy atom. The first kappa shape index (κ1) is 14.4. The normalized spacial score (nSPS) is 13.6. The molecule has 3 nitrogen and oxygen atoms in total. The summed E-state index contributed by atoms with van der Waals surface area (Å²) < 4.78 is 35.4. The van der Waals surface area contributed by atoms with E-state index >= 15 is 0 Å². The number of rotatable bonds is 5. The van der Waals surface area contributed by atoms with Crippen molar-refractivity contribution < 1.29 is 12.8 Å². The lowest BCUT2D eigenvalue weighted by atomic mass is 10.0. The van der Waals surface area contributed by atoms with Gasteiger partial charge < -0.3 is 5.73 Å². The summed E-state index contributed by atoms with van der Waals surface area (Å²) in [7, 11) is -3.04. The molecule has 0 saturated carbocycles. The molecule has 1 rings (SSSR count). The van der Waals surface area contributed by atoms with Crippen LogP contribution in [0, 0.1) is 5.82 Å². The van der Waals surface area contributed by atoms with Crippen LogP contribution in [-0.4, -0.2) is 26.5 Å². The third-order valence-corrected chi connectivity index (χ3v) is 3.72. The Hall–Kier alpha value is -0.650. The van der Waals surface area contributed by atoms with Gasteiger partial charge in [-0.1, -0.05) is 17.7 Å². The number of sulfone groups is 1. The van der Waals surface area contributed by atoms with E-state index < -0.39 is 21.7 Å². The Kier molecular flexibility index (Phi) is 4.91. The van der Waals surface area contributed by atoms with Crippen LogP contribution in [0.3, 0.4) is 0 Å². The fourth-order valence-corrected chi connectivity index (χ4v) is 2.43. The maximum atomic E-state index is 13.4. The minimum absolute atomic E-state index is 0.000236. The maximum Gasteiger partial charge on any atom is 0.147 e. The molecule has 0 bridgehead atoms. The molecule has 0 spiro atoms. The van der Waals surface area contributed by atoms with Gasteiger partial charge in [-0.15, -0.1) is 0 Å².